The number of para-hydroxylation sites is 1. The lowest BCUT2D eigenvalue weighted by Crippen LogP contribution is -2.36. The van der Waals surface area contributed by atoms with Crippen LogP contribution in [-0.4, -0.2) is 35.4 Å². The molecule has 0 radical (unpaired) electrons. The molecule has 2 aromatic heterocycles. The summed E-state index contributed by atoms with van der Waals surface area (Å²) in [6.45, 7) is 2.48. The second-order valence-corrected chi connectivity index (χ2v) is 8.55. The van der Waals surface area contributed by atoms with Crippen LogP contribution in [0.5, 0.6) is 10.9 Å². The van der Waals surface area contributed by atoms with Crippen LogP contribution in [0.1, 0.15) is 18.4 Å². The van der Waals surface area contributed by atoms with E-state index in [-0.39, 0.29) is 12.4 Å². The molecule has 1 aliphatic heterocycles. The standard InChI is InChI=1S/C23H20N2O5S/c26-14-29-22(27)15-7-9-25(10-8-15)12-16-13-28-20-11-17(5-6-18(16)20)30-23-24-19-3-1-2-4-21(19)31-23/h1-6,11,13-15H,7-10,12H2. The lowest BCUT2D eigenvalue weighted by Gasteiger charge is -2.30. The summed E-state index contributed by atoms with van der Waals surface area (Å²) in [5, 5.41) is 1.64. The number of rotatable bonds is 6. The van der Waals surface area contributed by atoms with Gasteiger partial charge in [0.05, 0.1) is 22.4 Å². The number of thiazole rings is 1. The van der Waals surface area contributed by atoms with Gasteiger partial charge in [0.1, 0.15) is 11.3 Å². The zero-order valence-electron chi connectivity index (χ0n) is 16.7. The molecule has 1 fully saturated rings. The highest BCUT2D eigenvalue weighted by Gasteiger charge is 2.26. The Bertz CT molecular complexity index is 1210. The van der Waals surface area contributed by atoms with Gasteiger partial charge in [-0.2, -0.15) is 0 Å². The summed E-state index contributed by atoms with van der Waals surface area (Å²) in [7, 11) is 0. The predicted molar refractivity (Wildman–Crippen MR) is 116 cm³/mol. The summed E-state index contributed by atoms with van der Waals surface area (Å²) in [6.07, 6.45) is 3.14. The van der Waals surface area contributed by atoms with Gasteiger partial charge in [-0.25, -0.2) is 4.98 Å². The van der Waals surface area contributed by atoms with Gasteiger partial charge in [-0.1, -0.05) is 23.5 Å². The summed E-state index contributed by atoms with van der Waals surface area (Å²) < 4.78 is 17.3. The molecule has 3 heterocycles. The van der Waals surface area contributed by atoms with E-state index in [1.807, 2.05) is 42.5 Å². The van der Waals surface area contributed by atoms with Crippen LogP contribution in [0.2, 0.25) is 0 Å². The van der Waals surface area contributed by atoms with E-state index in [0.717, 1.165) is 46.4 Å². The van der Waals surface area contributed by atoms with Crippen LogP contribution in [0.3, 0.4) is 0 Å². The minimum Gasteiger partial charge on any atom is -0.464 e. The zero-order chi connectivity index (χ0) is 21.2. The molecule has 0 spiro atoms. The number of piperidine rings is 1. The first-order valence-electron chi connectivity index (χ1n) is 10.1. The summed E-state index contributed by atoms with van der Waals surface area (Å²) in [5.41, 5.74) is 2.78. The second kappa shape index (κ2) is 8.49. The Morgan fingerprint density at radius 1 is 1.23 bits per heavy atom. The van der Waals surface area contributed by atoms with E-state index in [2.05, 4.69) is 14.6 Å². The van der Waals surface area contributed by atoms with E-state index < -0.39 is 5.97 Å². The molecule has 0 atom stereocenters. The van der Waals surface area contributed by atoms with Gasteiger partial charge >= 0.3 is 12.4 Å². The number of furan rings is 1. The molecule has 4 aromatic rings. The Kier molecular flexibility index (Phi) is 5.40. The van der Waals surface area contributed by atoms with Crippen molar-refractivity contribution >= 4 is 45.0 Å². The molecule has 31 heavy (non-hydrogen) atoms. The molecule has 1 saturated heterocycles. The molecule has 2 aromatic carbocycles. The number of hydrogen-bond acceptors (Lipinski definition) is 8. The van der Waals surface area contributed by atoms with Crippen LogP contribution in [0.4, 0.5) is 0 Å². The third-order valence-electron chi connectivity index (χ3n) is 5.59. The van der Waals surface area contributed by atoms with Crippen molar-refractivity contribution < 1.29 is 23.5 Å². The predicted octanol–water partition coefficient (Wildman–Crippen LogP) is 4.75. The van der Waals surface area contributed by atoms with Crippen molar-refractivity contribution in [1.82, 2.24) is 9.88 Å². The van der Waals surface area contributed by atoms with Gasteiger partial charge in [0.15, 0.2) is 0 Å². The molecule has 158 valence electrons. The minimum atomic E-state index is -0.427. The highest BCUT2D eigenvalue weighted by Crippen LogP contribution is 2.33. The number of carbonyl (C=O) groups excluding carboxylic acids is 2. The maximum atomic E-state index is 11.7. The molecule has 1 aliphatic rings. The van der Waals surface area contributed by atoms with Crippen LogP contribution >= 0.6 is 11.3 Å². The minimum absolute atomic E-state index is 0.204. The van der Waals surface area contributed by atoms with Crippen molar-refractivity contribution in [2.24, 2.45) is 5.92 Å². The molecule has 0 amide bonds. The average molecular weight is 436 g/mol. The lowest BCUT2D eigenvalue weighted by atomic mass is 9.96. The Labute approximate surface area is 182 Å². The van der Waals surface area contributed by atoms with Crippen LogP contribution < -0.4 is 4.74 Å². The number of likely N-dealkylation sites (tertiary alicyclic amines) is 1. The molecule has 0 unspecified atom stereocenters. The molecule has 7 nitrogen and oxygen atoms in total. The van der Waals surface area contributed by atoms with Gasteiger partial charge in [-0.3, -0.25) is 14.5 Å². The number of esters is 1. The number of carbonyl (C=O) groups is 2. The topological polar surface area (TPSA) is 81.9 Å². The van der Waals surface area contributed by atoms with E-state index >= 15 is 0 Å². The molecular formula is C23H20N2O5S. The number of nitrogens with zero attached hydrogens (tertiary/aromatic N) is 2. The first-order chi connectivity index (χ1) is 15.2. The van der Waals surface area contributed by atoms with Crippen molar-refractivity contribution in [1.29, 1.82) is 0 Å². The van der Waals surface area contributed by atoms with E-state index in [1.165, 1.54) is 11.3 Å². The normalized spacial score (nSPS) is 15.4. The molecule has 8 heteroatoms. The van der Waals surface area contributed by atoms with Gasteiger partial charge in [0.25, 0.3) is 5.19 Å². The quantitative estimate of drug-likeness (QED) is 0.245. The van der Waals surface area contributed by atoms with Gasteiger partial charge in [0.2, 0.25) is 0 Å². The molecule has 5 rings (SSSR count). The van der Waals surface area contributed by atoms with E-state index in [1.54, 1.807) is 6.26 Å². The van der Waals surface area contributed by atoms with Crippen LogP contribution in [0.15, 0.2) is 53.1 Å². The smallest absolute Gasteiger partial charge is 0.316 e. The fourth-order valence-electron chi connectivity index (χ4n) is 3.96. The van der Waals surface area contributed by atoms with Crippen LogP contribution in [-0.2, 0) is 20.9 Å². The van der Waals surface area contributed by atoms with Crippen molar-refractivity contribution in [3.05, 3.63) is 54.3 Å². The highest BCUT2D eigenvalue weighted by atomic mass is 32.1. The van der Waals surface area contributed by atoms with Crippen LogP contribution in [0.25, 0.3) is 21.2 Å². The highest BCUT2D eigenvalue weighted by molar-refractivity contribution is 7.20. The number of fused-ring (bicyclic) bond motifs is 2. The van der Waals surface area contributed by atoms with Gasteiger partial charge in [-0.05, 0) is 50.2 Å². The summed E-state index contributed by atoms with van der Waals surface area (Å²) in [5.74, 6) is 0.0517. The third kappa shape index (κ3) is 4.17. The van der Waals surface area contributed by atoms with E-state index in [4.69, 9.17) is 9.15 Å². The van der Waals surface area contributed by atoms with Gasteiger partial charge in [-0.15, -0.1) is 0 Å². The molecule has 0 N–H and O–H groups in total. The Balaban J connectivity index is 1.25. The first-order valence-corrected chi connectivity index (χ1v) is 10.9. The first kappa shape index (κ1) is 19.7. The fourth-order valence-corrected chi connectivity index (χ4v) is 4.79. The Hall–Kier alpha value is -3.23. The maximum absolute atomic E-state index is 11.7. The van der Waals surface area contributed by atoms with Gasteiger partial charge in [0, 0.05) is 23.6 Å². The van der Waals surface area contributed by atoms with E-state index in [9.17, 15) is 9.59 Å². The SMILES string of the molecule is O=COC(=O)C1CCN(Cc2coc3cc(Oc4nc5ccccc5s4)ccc23)CC1. The van der Waals surface area contributed by atoms with Crippen molar-refractivity contribution in [2.45, 2.75) is 19.4 Å². The number of ether oxygens (including phenoxy) is 2. The monoisotopic (exact) mass is 436 g/mol. The van der Waals surface area contributed by atoms with Crippen LogP contribution in [0, 0.1) is 5.92 Å². The number of benzene rings is 2. The average Bonchev–Trinajstić information content (AvgIpc) is 3.37. The molecule has 0 bridgehead atoms. The molecule has 0 aliphatic carbocycles. The van der Waals surface area contributed by atoms with Crippen molar-refractivity contribution in [3.8, 4) is 10.9 Å². The fraction of sp³-hybridized carbons (Fsp3) is 0.261. The molecule has 0 saturated carbocycles. The molecular weight excluding hydrogens is 416 g/mol. The lowest BCUT2D eigenvalue weighted by molar-refractivity contribution is -0.156. The number of aromatic nitrogens is 1. The zero-order valence-corrected chi connectivity index (χ0v) is 17.5. The largest absolute Gasteiger partial charge is 0.464 e. The third-order valence-corrected chi connectivity index (χ3v) is 6.50. The Morgan fingerprint density at radius 3 is 2.87 bits per heavy atom. The van der Waals surface area contributed by atoms with Crippen molar-refractivity contribution in [2.75, 3.05) is 13.1 Å². The Morgan fingerprint density at radius 2 is 2.06 bits per heavy atom. The second-order valence-electron chi connectivity index (χ2n) is 7.55. The summed E-state index contributed by atoms with van der Waals surface area (Å²) in [4.78, 5) is 28.8. The van der Waals surface area contributed by atoms with Crippen molar-refractivity contribution in [3.63, 3.8) is 0 Å². The maximum Gasteiger partial charge on any atom is 0.316 e. The summed E-state index contributed by atoms with van der Waals surface area (Å²) in [6, 6.07) is 13.7. The number of hydrogen-bond donors (Lipinski definition) is 0. The van der Waals surface area contributed by atoms with E-state index in [0.29, 0.717) is 23.8 Å². The summed E-state index contributed by atoms with van der Waals surface area (Å²) >= 11 is 1.51. The van der Waals surface area contributed by atoms with Gasteiger partial charge < -0.3 is 13.9 Å².